The molecule has 2 fully saturated rings. The van der Waals surface area contributed by atoms with Crippen molar-refractivity contribution in [2.75, 3.05) is 26.3 Å². The summed E-state index contributed by atoms with van der Waals surface area (Å²) in [4.78, 5) is 4.73. The van der Waals surface area contributed by atoms with Crippen LogP contribution in [0.2, 0.25) is 0 Å². The van der Waals surface area contributed by atoms with Crippen LogP contribution >= 0.6 is 0 Å². The molecular weight excluding hydrogens is 238 g/mol. The van der Waals surface area contributed by atoms with Crippen molar-refractivity contribution in [2.45, 2.75) is 52.5 Å². The Kier molecular flexibility index (Phi) is 5.08. The van der Waals surface area contributed by atoms with Gasteiger partial charge in [0.05, 0.1) is 19.8 Å². The lowest BCUT2D eigenvalue weighted by molar-refractivity contribution is -0.0945. The van der Waals surface area contributed by atoms with Gasteiger partial charge >= 0.3 is 0 Å². The summed E-state index contributed by atoms with van der Waals surface area (Å²) in [5, 5.41) is 6.96. The number of hydrogen-bond donors (Lipinski definition) is 2. The molecule has 0 spiro atoms. The van der Waals surface area contributed by atoms with Gasteiger partial charge in [-0.2, -0.15) is 0 Å². The second-order valence-electron chi connectivity index (χ2n) is 6.60. The number of nitrogens with one attached hydrogen (secondary N) is 2. The Hall–Kier alpha value is -0.770. The minimum absolute atomic E-state index is 0.253. The first-order valence-corrected chi connectivity index (χ1v) is 7.74. The summed E-state index contributed by atoms with van der Waals surface area (Å²) in [5.41, 5.74) is 0.253. The van der Waals surface area contributed by atoms with Gasteiger partial charge in [-0.15, -0.1) is 0 Å². The molecule has 0 unspecified atom stereocenters. The van der Waals surface area contributed by atoms with E-state index < -0.39 is 0 Å². The first kappa shape index (κ1) is 14.6. The zero-order valence-corrected chi connectivity index (χ0v) is 12.7. The summed E-state index contributed by atoms with van der Waals surface area (Å²) in [6, 6.07) is 0.597. The van der Waals surface area contributed by atoms with Crippen LogP contribution in [0.25, 0.3) is 0 Å². The van der Waals surface area contributed by atoms with Crippen molar-refractivity contribution in [3.63, 3.8) is 0 Å². The van der Waals surface area contributed by atoms with Crippen molar-refractivity contribution < 1.29 is 4.74 Å². The zero-order chi connectivity index (χ0) is 13.7. The molecule has 1 saturated heterocycles. The fourth-order valence-electron chi connectivity index (χ4n) is 2.73. The predicted octanol–water partition coefficient (Wildman–Crippen LogP) is 2.16. The zero-order valence-electron chi connectivity index (χ0n) is 12.7. The average Bonchev–Trinajstić information content (AvgIpc) is 2.37. The van der Waals surface area contributed by atoms with E-state index in [0.29, 0.717) is 6.04 Å². The van der Waals surface area contributed by atoms with Crippen LogP contribution in [0.3, 0.4) is 0 Å². The Balaban J connectivity index is 1.82. The molecule has 2 aliphatic rings. The Morgan fingerprint density at radius 3 is 2.47 bits per heavy atom. The van der Waals surface area contributed by atoms with Crippen LogP contribution in [0.5, 0.6) is 0 Å². The smallest absolute Gasteiger partial charge is 0.191 e. The molecule has 4 nitrogen and oxygen atoms in total. The second kappa shape index (κ2) is 6.60. The standard InChI is InChI=1S/C15H29N3O/c1-4-16-14(17-9-15(3)10-19-11-15)18-13-7-5-12(2)6-8-13/h12-13H,4-11H2,1-3H3,(H2,16,17,18). The third kappa shape index (κ3) is 4.37. The van der Waals surface area contributed by atoms with Crippen LogP contribution in [0, 0.1) is 11.3 Å². The minimum Gasteiger partial charge on any atom is -0.380 e. The molecule has 19 heavy (non-hydrogen) atoms. The van der Waals surface area contributed by atoms with E-state index in [1.807, 2.05) is 0 Å². The molecule has 110 valence electrons. The molecule has 0 aromatic rings. The molecular formula is C15H29N3O. The Bertz CT molecular complexity index is 305. The summed E-state index contributed by atoms with van der Waals surface area (Å²) < 4.78 is 5.28. The maximum Gasteiger partial charge on any atom is 0.191 e. The van der Waals surface area contributed by atoms with E-state index in [0.717, 1.165) is 38.2 Å². The molecule has 1 aliphatic heterocycles. The van der Waals surface area contributed by atoms with E-state index >= 15 is 0 Å². The molecule has 0 aromatic carbocycles. The van der Waals surface area contributed by atoms with E-state index in [4.69, 9.17) is 9.73 Å². The summed E-state index contributed by atoms with van der Waals surface area (Å²) >= 11 is 0. The average molecular weight is 267 g/mol. The first-order chi connectivity index (χ1) is 9.11. The number of guanidine groups is 1. The molecule has 1 aliphatic carbocycles. The number of nitrogens with zero attached hydrogens (tertiary/aromatic N) is 1. The molecule has 0 atom stereocenters. The summed E-state index contributed by atoms with van der Waals surface area (Å²) in [7, 11) is 0. The second-order valence-corrected chi connectivity index (χ2v) is 6.60. The van der Waals surface area contributed by atoms with Gasteiger partial charge in [-0.3, -0.25) is 4.99 Å². The molecule has 0 amide bonds. The van der Waals surface area contributed by atoms with Crippen molar-refractivity contribution in [3.8, 4) is 0 Å². The van der Waals surface area contributed by atoms with Gasteiger partial charge in [0, 0.05) is 18.0 Å². The monoisotopic (exact) mass is 267 g/mol. The molecule has 1 saturated carbocycles. The summed E-state index contributed by atoms with van der Waals surface area (Å²) in [6.45, 7) is 10.2. The van der Waals surface area contributed by atoms with Gasteiger partial charge in [0.2, 0.25) is 0 Å². The molecule has 1 heterocycles. The van der Waals surface area contributed by atoms with Gasteiger partial charge in [0.1, 0.15) is 0 Å². The normalized spacial score (nSPS) is 30.6. The number of aliphatic imine (C=N–C) groups is 1. The molecule has 4 heteroatoms. The highest BCUT2D eigenvalue weighted by Gasteiger charge is 2.33. The quantitative estimate of drug-likeness (QED) is 0.606. The maximum absolute atomic E-state index is 5.28. The maximum atomic E-state index is 5.28. The molecule has 0 aromatic heterocycles. The van der Waals surface area contributed by atoms with Gasteiger partial charge in [-0.25, -0.2) is 0 Å². The third-order valence-electron chi connectivity index (χ3n) is 4.22. The van der Waals surface area contributed by atoms with Gasteiger partial charge in [0.25, 0.3) is 0 Å². The highest BCUT2D eigenvalue weighted by Crippen LogP contribution is 2.26. The van der Waals surface area contributed by atoms with Crippen molar-refractivity contribution in [2.24, 2.45) is 16.3 Å². The topological polar surface area (TPSA) is 45.7 Å². The van der Waals surface area contributed by atoms with Crippen LogP contribution < -0.4 is 10.6 Å². The lowest BCUT2D eigenvalue weighted by Crippen LogP contribution is -2.47. The Morgan fingerprint density at radius 1 is 1.26 bits per heavy atom. The van der Waals surface area contributed by atoms with E-state index in [9.17, 15) is 0 Å². The largest absolute Gasteiger partial charge is 0.380 e. The van der Waals surface area contributed by atoms with Crippen molar-refractivity contribution >= 4 is 5.96 Å². The van der Waals surface area contributed by atoms with Gasteiger partial charge in [-0.05, 0) is 38.5 Å². The lowest BCUT2D eigenvalue weighted by atomic mass is 9.87. The SMILES string of the molecule is CCNC(=NCC1(C)COC1)NC1CCC(C)CC1. The number of hydrogen-bond acceptors (Lipinski definition) is 2. The van der Waals surface area contributed by atoms with Gasteiger partial charge < -0.3 is 15.4 Å². The van der Waals surface area contributed by atoms with Crippen LogP contribution in [0.1, 0.15) is 46.5 Å². The van der Waals surface area contributed by atoms with Gasteiger partial charge in [0.15, 0.2) is 5.96 Å². The molecule has 0 bridgehead atoms. The van der Waals surface area contributed by atoms with Gasteiger partial charge in [-0.1, -0.05) is 13.8 Å². The van der Waals surface area contributed by atoms with Crippen molar-refractivity contribution in [1.29, 1.82) is 0 Å². The van der Waals surface area contributed by atoms with E-state index in [-0.39, 0.29) is 5.41 Å². The fraction of sp³-hybridized carbons (Fsp3) is 0.933. The van der Waals surface area contributed by atoms with Crippen molar-refractivity contribution in [1.82, 2.24) is 10.6 Å². The van der Waals surface area contributed by atoms with Crippen LogP contribution in [-0.4, -0.2) is 38.3 Å². The predicted molar refractivity (Wildman–Crippen MR) is 79.5 cm³/mol. The van der Waals surface area contributed by atoms with E-state index in [1.54, 1.807) is 0 Å². The summed E-state index contributed by atoms with van der Waals surface area (Å²) in [6.07, 6.45) is 5.21. The number of ether oxygens (including phenoxy) is 1. The molecule has 2 N–H and O–H groups in total. The van der Waals surface area contributed by atoms with E-state index in [2.05, 4.69) is 31.4 Å². The third-order valence-corrected chi connectivity index (χ3v) is 4.22. The minimum atomic E-state index is 0.253. The highest BCUT2D eigenvalue weighted by atomic mass is 16.5. The van der Waals surface area contributed by atoms with E-state index in [1.165, 1.54) is 25.7 Å². The Morgan fingerprint density at radius 2 is 1.95 bits per heavy atom. The molecule has 0 radical (unpaired) electrons. The lowest BCUT2D eigenvalue weighted by Gasteiger charge is -2.37. The fourth-order valence-corrected chi connectivity index (χ4v) is 2.73. The number of rotatable bonds is 4. The first-order valence-electron chi connectivity index (χ1n) is 7.74. The van der Waals surface area contributed by atoms with Crippen LogP contribution in [0.4, 0.5) is 0 Å². The highest BCUT2D eigenvalue weighted by molar-refractivity contribution is 5.80. The van der Waals surface area contributed by atoms with Crippen LogP contribution in [0.15, 0.2) is 4.99 Å². The molecule has 2 rings (SSSR count). The van der Waals surface area contributed by atoms with Crippen molar-refractivity contribution in [3.05, 3.63) is 0 Å². The Labute approximate surface area is 117 Å². The summed E-state index contributed by atoms with van der Waals surface area (Å²) in [5.74, 6) is 1.87. The van der Waals surface area contributed by atoms with Crippen LogP contribution in [-0.2, 0) is 4.74 Å².